The molecule has 146 valence electrons. The molecule has 0 saturated carbocycles. The van der Waals surface area contributed by atoms with Gasteiger partial charge in [0.2, 0.25) is 5.75 Å². The highest BCUT2D eigenvalue weighted by molar-refractivity contribution is 5.79. The van der Waals surface area contributed by atoms with Crippen molar-refractivity contribution in [2.45, 2.75) is 26.9 Å². The molecular formula is C20H28N4O3. The third-order valence-corrected chi connectivity index (χ3v) is 3.87. The smallest absolute Gasteiger partial charge is 0.203 e. The largest absolute Gasteiger partial charge is 0.493 e. The molecule has 7 nitrogen and oxygen atoms in total. The van der Waals surface area contributed by atoms with Crippen LogP contribution in [0.25, 0.3) is 0 Å². The minimum absolute atomic E-state index is 0.466. The van der Waals surface area contributed by atoms with E-state index in [4.69, 9.17) is 14.2 Å². The topological polar surface area (TPSA) is 77.0 Å². The molecule has 0 unspecified atom stereocenters. The molecule has 1 heterocycles. The first-order valence-corrected chi connectivity index (χ1v) is 8.84. The highest BCUT2D eigenvalue weighted by atomic mass is 16.5. The number of nitrogens with one attached hydrogen (secondary N) is 2. The molecule has 7 heteroatoms. The maximum atomic E-state index is 5.40. The lowest BCUT2D eigenvalue weighted by Crippen LogP contribution is -2.37. The van der Waals surface area contributed by atoms with Crippen LogP contribution in [0.1, 0.15) is 23.9 Å². The van der Waals surface area contributed by atoms with Crippen LogP contribution in [-0.4, -0.2) is 38.8 Å². The lowest BCUT2D eigenvalue weighted by atomic mass is 10.2. The fourth-order valence-electron chi connectivity index (χ4n) is 2.61. The normalized spacial score (nSPS) is 11.1. The maximum Gasteiger partial charge on any atom is 0.203 e. The van der Waals surface area contributed by atoms with Crippen LogP contribution < -0.4 is 24.8 Å². The summed E-state index contributed by atoms with van der Waals surface area (Å²) in [4.78, 5) is 9.14. The van der Waals surface area contributed by atoms with Crippen molar-refractivity contribution in [2.75, 3.05) is 27.9 Å². The van der Waals surface area contributed by atoms with Gasteiger partial charge in [-0.1, -0.05) is 6.07 Å². The molecule has 0 aliphatic heterocycles. The van der Waals surface area contributed by atoms with E-state index in [1.807, 2.05) is 44.2 Å². The molecule has 0 radical (unpaired) electrons. The van der Waals surface area contributed by atoms with E-state index in [9.17, 15) is 0 Å². The van der Waals surface area contributed by atoms with Crippen molar-refractivity contribution in [1.29, 1.82) is 0 Å². The van der Waals surface area contributed by atoms with Gasteiger partial charge in [-0.2, -0.15) is 0 Å². The van der Waals surface area contributed by atoms with Crippen LogP contribution in [0, 0.1) is 6.92 Å². The van der Waals surface area contributed by atoms with E-state index in [0.717, 1.165) is 29.5 Å². The Morgan fingerprint density at radius 3 is 2.30 bits per heavy atom. The van der Waals surface area contributed by atoms with Gasteiger partial charge in [-0.25, -0.2) is 4.99 Å². The molecule has 0 aliphatic carbocycles. The third kappa shape index (κ3) is 5.77. The van der Waals surface area contributed by atoms with Gasteiger partial charge >= 0.3 is 0 Å². The molecule has 0 fully saturated rings. The molecule has 0 saturated heterocycles. The number of pyridine rings is 1. The number of hydrogen-bond donors (Lipinski definition) is 2. The summed E-state index contributed by atoms with van der Waals surface area (Å²) < 4.78 is 16.2. The van der Waals surface area contributed by atoms with Crippen LogP contribution in [0.15, 0.2) is 35.3 Å². The molecule has 27 heavy (non-hydrogen) atoms. The molecule has 2 aromatic rings. The lowest BCUT2D eigenvalue weighted by molar-refractivity contribution is 0.324. The van der Waals surface area contributed by atoms with Crippen LogP contribution in [0.2, 0.25) is 0 Å². The Bertz CT molecular complexity index is 753. The number of aliphatic imine (C=N–C) groups is 1. The van der Waals surface area contributed by atoms with E-state index in [2.05, 4.69) is 20.6 Å². The predicted octanol–water partition coefficient (Wildman–Crippen LogP) is 2.67. The molecular weight excluding hydrogens is 344 g/mol. The number of hydrogen-bond acceptors (Lipinski definition) is 5. The van der Waals surface area contributed by atoms with E-state index < -0.39 is 0 Å². The Balaban J connectivity index is 2.13. The third-order valence-electron chi connectivity index (χ3n) is 3.87. The van der Waals surface area contributed by atoms with Gasteiger partial charge in [0.25, 0.3) is 0 Å². The Kier molecular flexibility index (Phi) is 7.73. The zero-order valence-electron chi connectivity index (χ0n) is 16.6. The second kappa shape index (κ2) is 10.3. The zero-order valence-corrected chi connectivity index (χ0v) is 16.6. The van der Waals surface area contributed by atoms with Gasteiger partial charge in [-0.05, 0) is 43.7 Å². The highest BCUT2D eigenvalue weighted by Gasteiger charge is 2.13. The number of aromatic nitrogens is 1. The average Bonchev–Trinajstić information content (AvgIpc) is 2.69. The van der Waals surface area contributed by atoms with Crippen LogP contribution in [0.3, 0.4) is 0 Å². The minimum Gasteiger partial charge on any atom is -0.493 e. The standard InChI is InChI=1S/C20H28N4O3/c1-6-21-20(23-13-16-9-7-8-14(2)24-16)22-12-15-10-17(25-3)19(27-5)18(11-15)26-4/h7-11H,6,12-13H2,1-5H3,(H2,21,22,23). The number of ether oxygens (including phenoxy) is 3. The van der Waals surface area contributed by atoms with Crippen molar-refractivity contribution in [3.05, 3.63) is 47.3 Å². The van der Waals surface area contributed by atoms with E-state index in [1.165, 1.54) is 0 Å². The molecule has 2 rings (SSSR count). The summed E-state index contributed by atoms with van der Waals surface area (Å²) in [6.45, 7) is 5.84. The first-order chi connectivity index (χ1) is 13.1. The summed E-state index contributed by atoms with van der Waals surface area (Å²) in [7, 11) is 4.79. The van der Waals surface area contributed by atoms with E-state index in [-0.39, 0.29) is 0 Å². The summed E-state index contributed by atoms with van der Waals surface area (Å²) in [5.41, 5.74) is 2.91. The van der Waals surface area contributed by atoms with E-state index >= 15 is 0 Å². The molecule has 2 N–H and O–H groups in total. The number of methoxy groups -OCH3 is 3. The molecule has 0 spiro atoms. The van der Waals surface area contributed by atoms with Crippen molar-refractivity contribution in [3.63, 3.8) is 0 Å². The molecule has 0 bridgehead atoms. The van der Waals surface area contributed by atoms with Crippen molar-refractivity contribution >= 4 is 5.96 Å². The van der Waals surface area contributed by atoms with Gasteiger partial charge in [0.05, 0.1) is 40.1 Å². The molecule has 0 amide bonds. The second-order valence-corrected chi connectivity index (χ2v) is 5.85. The van der Waals surface area contributed by atoms with Gasteiger partial charge in [0.15, 0.2) is 17.5 Å². The summed E-state index contributed by atoms with van der Waals surface area (Å²) in [6.07, 6.45) is 0. The fourth-order valence-corrected chi connectivity index (χ4v) is 2.61. The Labute approximate surface area is 160 Å². The van der Waals surface area contributed by atoms with Crippen LogP contribution in [0.4, 0.5) is 0 Å². The van der Waals surface area contributed by atoms with Gasteiger partial charge in [-0.3, -0.25) is 4.98 Å². The molecule has 0 aliphatic rings. The molecule has 0 atom stereocenters. The van der Waals surface area contributed by atoms with Crippen LogP contribution >= 0.6 is 0 Å². The Morgan fingerprint density at radius 1 is 1.04 bits per heavy atom. The quantitative estimate of drug-likeness (QED) is 0.548. The Morgan fingerprint density at radius 2 is 1.74 bits per heavy atom. The number of nitrogens with zero attached hydrogens (tertiary/aromatic N) is 2. The summed E-state index contributed by atoms with van der Waals surface area (Å²) in [5.74, 6) is 2.52. The molecule has 1 aromatic carbocycles. The predicted molar refractivity (Wildman–Crippen MR) is 107 cm³/mol. The maximum absolute atomic E-state index is 5.40. The molecule has 1 aromatic heterocycles. The minimum atomic E-state index is 0.466. The van der Waals surface area contributed by atoms with Gasteiger partial charge in [-0.15, -0.1) is 0 Å². The summed E-state index contributed by atoms with van der Waals surface area (Å²) >= 11 is 0. The number of rotatable bonds is 8. The summed E-state index contributed by atoms with van der Waals surface area (Å²) in [6, 6.07) is 9.77. The van der Waals surface area contributed by atoms with Gasteiger partial charge in [0, 0.05) is 12.2 Å². The number of aryl methyl sites for hydroxylation is 1. The van der Waals surface area contributed by atoms with Crippen molar-refractivity contribution in [3.8, 4) is 17.2 Å². The fraction of sp³-hybridized carbons (Fsp3) is 0.400. The first kappa shape index (κ1) is 20.4. The summed E-state index contributed by atoms with van der Waals surface area (Å²) in [5, 5.41) is 6.54. The van der Waals surface area contributed by atoms with Crippen LogP contribution in [0.5, 0.6) is 17.2 Å². The van der Waals surface area contributed by atoms with Crippen molar-refractivity contribution < 1.29 is 14.2 Å². The van der Waals surface area contributed by atoms with Crippen LogP contribution in [-0.2, 0) is 13.1 Å². The van der Waals surface area contributed by atoms with Crippen molar-refractivity contribution in [2.24, 2.45) is 4.99 Å². The van der Waals surface area contributed by atoms with E-state index in [0.29, 0.717) is 30.3 Å². The van der Waals surface area contributed by atoms with E-state index in [1.54, 1.807) is 21.3 Å². The monoisotopic (exact) mass is 372 g/mol. The van der Waals surface area contributed by atoms with Crippen molar-refractivity contribution in [1.82, 2.24) is 15.6 Å². The highest BCUT2D eigenvalue weighted by Crippen LogP contribution is 2.38. The second-order valence-electron chi connectivity index (χ2n) is 5.85. The van der Waals surface area contributed by atoms with Gasteiger partial charge in [0.1, 0.15) is 0 Å². The lowest BCUT2D eigenvalue weighted by Gasteiger charge is -2.14. The van der Waals surface area contributed by atoms with Gasteiger partial charge < -0.3 is 24.8 Å². The SMILES string of the molecule is CCNC(=NCc1cc(OC)c(OC)c(OC)c1)NCc1cccc(C)n1. The Hall–Kier alpha value is -2.96. The zero-order chi connectivity index (χ0) is 19.6. The number of guanidine groups is 1. The first-order valence-electron chi connectivity index (χ1n) is 8.84. The number of benzene rings is 1. The average molecular weight is 372 g/mol.